The molecule has 2 aromatic rings. The van der Waals surface area contributed by atoms with Crippen LogP contribution in [0.15, 0.2) is 29.3 Å². The number of rotatable bonds is 4. The van der Waals surface area contributed by atoms with Crippen molar-refractivity contribution in [2.24, 2.45) is 10.9 Å². The molecule has 1 aromatic heterocycles. The first-order valence-corrected chi connectivity index (χ1v) is 9.15. The number of amides is 2. The summed E-state index contributed by atoms with van der Waals surface area (Å²) in [7, 11) is 0. The van der Waals surface area contributed by atoms with Crippen molar-refractivity contribution in [3.63, 3.8) is 0 Å². The number of aromatic nitrogens is 2. The molecule has 1 aromatic carbocycles. The smallest absolute Gasteiger partial charge is 0.308 e. The van der Waals surface area contributed by atoms with Crippen molar-refractivity contribution < 1.29 is 4.79 Å². The maximum atomic E-state index is 12.3. The normalized spacial score (nSPS) is 11.4. The predicted octanol–water partition coefficient (Wildman–Crippen LogP) is 4.65. The molecule has 0 saturated heterocycles. The highest BCUT2D eigenvalue weighted by Crippen LogP contribution is 2.24. The molecule has 0 aliphatic carbocycles. The fraction of sp³-hybridized carbons (Fsp3) is 0.333. The largest absolute Gasteiger partial charge is 0.326 e. The minimum atomic E-state index is -0.479. The van der Waals surface area contributed by atoms with Gasteiger partial charge in [-0.05, 0) is 44.0 Å². The standard InChI is InChI=1S/C18H22Cl2N6O/c1-10(2)9-21-16(25-17-22-11(3)7-12(4)23-17)26-18(27)24-13-5-6-14(19)15(20)8-13/h5-8,10H,9H2,1-4H3,(H3,21,22,23,24,25,26,27). The molecule has 0 aliphatic heterocycles. The second-order valence-electron chi connectivity index (χ2n) is 6.39. The number of nitrogens with zero attached hydrogens (tertiary/aromatic N) is 3. The first-order valence-electron chi connectivity index (χ1n) is 8.39. The monoisotopic (exact) mass is 408 g/mol. The Balaban J connectivity index is 2.12. The Labute approximate surface area is 168 Å². The van der Waals surface area contributed by atoms with Gasteiger partial charge in [-0.25, -0.2) is 14.8 Å². The van der Waals surface area contributed by atoms with E-state index in [9.17, 15) is 4.79 Å². The number of anilines is 2. The fourth-order valence-corrected chi connectivity index (χ4v) is 2.41. The van der Waals surface area contributed by atoms with E-state index in [1.807, 2.05) is 33.8 Å². The fourth-order valence-electron chi connectivity index (χ4n) is 2.12. The third-order valence-corrected chi connectivity index (χ3v) is 3.98. The Bertz CT molecular complexity index is 833. The molecule has 2 amide bonds. The first kappa shape index (κ1) is 20.9. The molecule has 0 aliphatic rings. The molecule has 0 unspecified atom stereocenters. The summed E-state index contributed by atoms with van der Waals surface area (Å²) in [6, 6.07) is 6.21. The highest BCUT2D eigenvalue weighted by atomic mass is 35.5. The Kier molecular flexibility index (Phi) is 7.38. The number of carbonyl (C=O) groups is 1. The van der Waals surface area contributed by atoms with Gasteiger partial charge in [-0.1, -0.05) is 37.0 Å². The van der Waals surface area contributed by atoms with Crippen LogP contribution in [-0.4, -0.2) is 28.5 Å². The topological polar surface area (TPSA) is 91.3 Å². The lowest BCUT2D eigenvalue weighted by atomic mass is 10.2. The van der Waals surface area contributed by atoms with E-state index in [-0.39, 0.29) is 5.96 Å². The van der Waals surface area contributed by atoms with E-state index in [2.05, 4.69) is 30.9 Å². The highest BCUT2D eigenvalue weighted by molar-refractivity contribution is 6.42. The van der Waals surface area contributed by atoms with E-state index in [1.165, 1.54) is 0 Å². The second-order valence-corrected chi connectivity index (χ2v) is 7.20. The molecule has 1 heterocycles. The molecule has 0 atom stereocenters. The number of hydrogen-bond donors (Lipinski definition) is 3. The number of halogens is 2. The lowest BCUT2D eigenvalue weighted by Crippen LogP contribution is -2.39. The van der Waals surface area contributed by atoms with Crippen LogP contribution in [0.2, 0.25) is 10.0 Å². The van der Waals surface area contributed by atoms with Crippen LogP contribution in [0.4, 0.5) is 16.4 Å². The van der Waals surface area contributed by atoms with E-state index in [0.29, 0.717) is 34.1 Å². The molecular weight excluding hydrogens is 387 g/mol. The molecule has 7 nitrogen and oxygen atoms in total. The number of benzene rings is 1. The third kappa shape index (κ3) is 7.03. The van der Waals surface area contributed by atoms with Gasteiger partial charge < -0.3 is 5.32 Å². The third-order valence-electron chi connectivity index (χ3n) is 3.24. The lowest BCUT2D eigenvalue weighted by Gasteiger charge is -2.13. The Hall–Kier alpha value is -2.38. The Morgan fingerprint density at radius 1 is 1.07 bits per heavy atom. The average Bonchev–Trinajstić information content (AvgIpc) is 2.55. The van der Waals surface area contributed by atoms with Crippen LogP contribution >= 0.6 is 23.2 Å². The summed E-state index contributed by atoms with van der Waals surface area (Å²) in [5.74, 6) is 0.943. The quantitative estimate of drug-likeness (QED) is 0.507. The van der Waals surface area contributed by atoms with Crippen LogP contribution in [0.25, 0.3) is 0 Å². The summed E-state index contributed by atoms with van der Waals surface area (Å²) in [4.78, 5) is 25.3. The molecule has 0 radical (unpaired) electrons. The van der Waals surface area contributed by atoms with Crippen molar-refractivity contribution in [3.8, 4) is 0 Å². The molecule has 0 saturated carbocycles. The molecule has 0 bridgehead atoms. The first-order chi connectivity index (χ1) is 12.7. The maximum Gasteiger partial charge on any atom is 0.326 e. The summed E-state index contributed by atoms with van der Waals surface area (Å²) in [5, 5.41) is 9.08. The van der Waals surface area contributed by atoms with Crippen LogP contribution in [0.5, 0.6) is 0 Å². The van der Waals surface area contributed by atoms with Crippen LogP contribution in [0, 0.1) is 19.8 Å². The second kappa shape index (κ2) is 9.53. The average molecular weight is 409 g/mol. The molecule has 9 heteroatoms. The van der Waals surface area contributed by atoms with Crippen molar-refractivity contribution in [2.45, 2.75) is 27.7 Å². The van der Waals surface area contributed by atoms with Gasteiger partial charge in [-0.2, -0.15) is 0 Å². The number of hydrogen-bond acceptors (Lipinski definition) is 4. The SMILES string of the molecule is Cc1cc(C)nc(NC(=NCC(C)C)NC(=O)Nc2ccc(Cl)c(Cl)c2)n1. The van der Waals surface area contributed by atoms with Crippen LogP contribution in [-0.2, 0) is 0 Å². The Morgan fingerprint density at radius 2 is 1.74 bits per heavy atom. The van der Waals surface area contributed by atoms with E-state index in [1.54, 1.807) is 18.2 Å². The summed E-state index contributed by atoms with van der Waals surface area (Å²) in [5.41, 5.74) is 2.13. The van der Waals surface area contributed by atoms with Crippen molar-refractivity contribution >= 4 is 46.8 Å². The van der Waals surface area contributed by atoms with Crippen molar-refractivity contribution in [1.82, 2.24) is 15.3 Å². The number of aliphatic imine (C=N–C) groups is 1. The molecule has 0 fully saturated rings. The summed E-state index contributed by atoms with van der Waals surface area (Å²) >= 11 is 11.9. The molecule has 2 rings (SSSR count). The number of carbonyl (C=O) groups excluding carboxylic acids is 1. The van der Waals surface area contributed by atoms with Crippen LogP contribution < -0.4 is 16.0 Å². The summed E-state index contributed by atoms with van der Waals surface area (Å²) in [6.45, 7) is 8.33. The maximum absolute atomic E-state index is 12.3. The van der Waals surface area contributed by atoms with Gasteiger partial charge in [0.25, 0.3) is 0 Å². The van der Waals surface area contributed by atoms with Crippen LogP contribution in [0.1, 0.15) is 25.2 Å². The minimum absolute atomic E-state index is 0.256. The molecule has 144 valence electrons. The number of urea groups is 1. The lowest BCUT2D eigenvalue weighted by molar-refractivity contribution is 0.256. The summed E-state index contributed by atoms with van der Waals surface area (Å²) in [6.07, 6.45) is 0. The van der Waals surface area contributed by atoms with Gasteiger partial charge in [0.15, 0.2) is 0 Å². The zero-order chi connectivity index (χ0) is 20.0. The van der Waals surface area contributed by atoms with Gasteiger partial charge in [0.2, 0.25) is 11.9 Å². The Morgan fingerprint density at radius 3 is 2.33 bits per heavy atom. The molecular formula is C18H22Cl2N6O. The van der Waals surface area contributed by atoms with Gasteiger partial charge in [-0.3, -0.25) is 15.6 Å². The van der Waals surface area contributed by atoms with Gasteiger partial charge in [0.1, 0.15) is 0 Å². The van der Waals surface area contributed by atoms with Crippen molar-refractivity contribution in [2.75, 3.05) is 17.2 Å². The minimum Gasteiger partial charge on any atom is -0.308 e. The predicted molar refractivity (Wildman–Crippen MR) is 111 cm³/mol. The van der Waals surface area contributed by atoms with Gasteiger partial charge in [-0.15, -0.1) is 0 Å². The number of aryl methyl sites for hydroxylation is 2. The van der Waals surface area contributed by atoms with Crippen LogP contribution in [0.3, 0.4) is 0 Å². The molecule has 27 heavy (non-hydrogen) atoms. The zero-order valence-electron chi connectivity index (χ0n) is 15.6. The van der Waals surface area contributed by atoms with Crippen molar-refractivity contribution in [3.05, 3.63) is 45.7 Å². The number of guanidine groups is 1. The zero-order valence-corrected chi connectivity index (χ0v) is 17.1. The number of nitrogens with one attached hydrogen (secondary N) is 3. The van der Waals surface area contributed by atoms with E-state index in [0.717, 1.165) is 11.4 Å². The van der Waals surface area contributed by atoms with Gasteiger partial charge in [0, 0.05) is 23.6 Å². The van der Waals surface area contributed by atoms with Crippen molar-refractivity contribution in [1.29, 1.82) is 0 Å². The van der Waals surface area contributed by atoms with E-state index < -0.39 is 6.03 Å². The molecule has 0 spiro atoms. The van der Waals surface area contributed by atoms with E-state index in [4.69, 9.17) is 23.2 Å². The molecule has 3 N–H and O–H groups in total. The highest BCUT2D eigenvalue weighted by Gasteiger charge is 2.10. The summed E-state index contributed by atoms with van der Waals surface area (Å²) < 4.78 is 0. The van der Waals surface area contributed by atoms with E-state index >= 15 is 0 Å². The van der Waals surface area contributed by atoms with Gasteiger partial charge in [0.05, 0.1) is 10.0 Å². The van der Waals surface area contributed by atoms with Gasteiger partial charge >= 0.3 is 6.03 Å².